The minimum atomic E-state index is 0.739. The molecule has 0 saturated carbocycles. The fourth-order valence-electron chi connectivity index (χ4n) is 2.77. The minimum Gasteiger partial charge on any atom is -0.454 e. The standard InChI is InChI=1S/C19H18N4O/c1-2-6-17-15(5-1)10-18(24-17)19-16(13-22-23-19)12-21-9-7-14-4-3-8-20-11-14/h1-6,8,10-11,13,21H,7,9,12H2,(H,22,23). The van der Waals surface area contributed by atoms with E-state index < -0.39 is 0 Å². The lowest BCUT2D eigenvalue weighted by Crippen LogP contribution is -2.16. The number of fused-ring (bicyclic) bond motifs is 1. The summed E-state index contributed by atoms with van der Waals surface area (Å²) in [6.45, 7) is 1.62. The molecule has 120 valence electrons. The summed E-state index contributed by atoms with van der Waals surface area (Å²) < 4.78 is 5.92. The Kier molecular flexibility index (Phi) is 4.08. The normalized spacial score (nSPS) is 11.2. The smallest absolute Gasteiger partial charge is 0.153 e. The summed E-state index contributed by atoms with van der Waals surface area (Å²) in [7, 11) is 0. The number of rotatable bonds is 6. The van der Waals surface area contributed by atoms with Gasteiger partial charge in [-0.1, -0.05) is 24.3 Å². The number of pyridine rings is 1. The SMILES string of the molecule is c1cncc(CCNCc2cn[nH]c2-c2cc3ccccc3o2)c1. The van der Waals surface area contributed by atoms with Crippen LogP contribution in [-0.4, -0.2) is 21.7 Å². The third-order valence-electron chi connectivity index (χ3n) is 4.02. The van der Waals surface area contributed by atoms with Gasteiger partial charge in [0.2, 0.25) is 0 Å². The molecule has 0 saturated heterocycles. The van der Waals surface area contributed by atoms with Crippen molar-refractivity contribution in [1.29, 1.82) is 0 Å². The van der Waals surface area contributed by atoms with E-state index in [0.29, 0.717) is 0 Å². The molecule has 4 rings (SSSR count). The molecular weight excluding hydrogens is 300 g/mol. The van der Waals surface area contributed by atoms with E-state index in [0.717, 1.165) is 47.5 Å². The summed E-state index contributed by atoms with van der Waals surface area (Å²) in [6.07, 6.45) is 6.49. The second-order valence-electron chi connectivity index (χ2n) is 5.71. The number of aromatic nitrogens is 3. The van der Waals surface area contributed by atoms with E-state index in [4.69, 9.17) is 4.42 Å². The van der Waals surface area contributed by atoms with E-state index in [1.807, 2.05) is 48.8 Å². The number of nitrogens with zero attached hydrogens (tertiary/aromatic N) is 2. The summed E-state index contributed by atoms with van der Waals surface area (Å²) in [5.74, 6) is 0.817. The molecule has 3 aromatic heterocycles. The highest BCUT2D eigenvalue weighted by Gasteiger charge is 2.12. The average Bonchev–Trinajstić information content (AvgIpc) is 3.25. The maximum absolute atomic E-state index is 5.92. The first-order valence-corrected chi connectivity index (χ1v) is 8.01. The van der Waals surface area contributed by atoms with Crippen LogP contribution in [0.5, 0.6) is 0 Å². The fraction of sp³-hybridized carbons (Fsp3) is 0.158. The Morgan fingerprint density at radius 3 is 2.92 bits per heavy atom. The zero-order valence-corrected chi connectivity index (χ0v) is 13.2. The number of para-hydroxylation sites is 1. The molecule has 0 aliphatic rings. The predicted molar refractivity (Wildman–Crippen MR) is 93.4 cm³/mol. The van der Waals surface area contributed by atoms with Crippen molar-refractivity contribution in [3.63, 3.8) is 0 Å². The number of H-pyrrole nitrogens is 1. The lowest BCUT2D eigenvalue weighted by molar-refractivity contribution is 0.625. The van der Waals surface area contributed by atoms with Crippen molar-refractivity contribution >= 4 is 11.0 Å². The molecule has 1 aromatic carbocycles. The Morgan fingerprint density at radius 2 is 2.04 bits per heavy atom. The Bertz CT molecular complexity index is 894. The molecule has 4 aromatic rings. The van der Waals surface area contributed by atoms with Gasteiger partial charge in [-0.3, -0.25) is 10.1 Å². The number of benzene rings is 1. The van der Waals surface area contributed by atoms with Gasteiger partial charge in [-0.05, 0) is 36.7 Å². The molecule has 24 heavy (non-hydrogen) atoms. The van der Waals surface area contributed by atoms with Crippen LogP contribution in [0.3, 0.4) is 0 Å². The van der Waals surface area contributed by atoms with Crippen LogP contribution in [0.15, 0.2) is 65.5 Å². The number of hydrogen-bond acceptors (Lipinski definition) is 4. The van der Waals surface area contributed by atoms with E-state index in [1.165, 1.54) is 5.56 Å². The molecule has 0 atom stereocenters. The highest BCUT2D eigenvalue weighted by molar-refractivity contribution is 5.82. The minimum absolute atomic E-state index is 0.739. The van der Waals surface area contributed by atoms with Crippen molar-refractivity contribution in [2.75, 3.05) is 6.54 Å². The van der Waals surface area contributed by atoms with Crippen LogP contribution < -0.4 is 5.32 Å². The van der Waals surface area contributed by atoms with E-state index in [-0.39, 0.29) is 0 Å². The van der Waals surface area contributed by atoms with Crippen LogP contribution in [-0.2, 0) is 13.0 Å². The van der Waals surface area contributed by atoms with Crippen molar-refractivity contribution in [2.24, 2.45) is 0 Å². The average molecular weight is 318 g/mol. The van der Waals surface area contributed by atoms with Gasteiger partial charge in [0.1, 0.15) is 11.3 Å². The molecule has 0 radical (unpaired) electrons. The van der Waals surface area contributed by atoms with Crippen molar-refractivity contribution in [2.45, 2.75) is 13.0 Å². The van der Waals surface area contributed by atoms with Gasteiger partial charge in [-0.2, -0.15) is 5.10 Å². The molecule has 5 nitrogen and oxygen atoms in total. The zero-order chi connectivity index (χ0) is 16.2. The third kappa shape index (κ3) is 3.07. The van der Waals surface area contributed by atoms with Gasteiger partial charge in [0.15, 0.2) is 5.76 Å². The van der Waals surface area contributed by atoms with Gasteiger partial charge >= 0.3 is 0 Å². The molecular formula is C19H18N4O. The first-order chi connectivity index (χ1) is 11.9. The number of furan rings is 1. The highest BCUT2D eigenvalue weighted by Crippen LogP contribution is 2.28. The van der Waals surface area contributed by atoms with Crippen molar-refractivity contribution in [3.05, 3.63) is 72.2 Å². The van der Waals surface area contributed by atoms with Crippen molar-refractivity contribution in [1.82, 2.24) is 20.5 Å². The number of nitrogens with one attached hydrogen (secondary N) is 2. The van der Waals surface area contributed by atoms with Crippen LogP contribution in [0.2, 0.25) is 0 Å². The van der Waals surface area contributed by atoms with Gasteiger partial charge in [0.25, 0.3) is 0 Å². The molecule has 0 fully saturated rings. The van der Waals surface area contributed by atoms with E-state index >= 15 is 0 Å². The monoisotopic (exact) mass is 318 g/mol. The Labute approximate surface area is 139 Å². The number of aromatic amines is 1. The van der Waals surface area contributed by atoms with E-state index in [9.17, 15) is 0 Å². The largest absolute Gasteiger partial charge is 0.454 e. The second kappa shape index (κ2) is 6.68. The molecule has 3 heterocycles. The van der Waals surface area contributed by atoms with Gasteiger partial charge < -0.3 is 9.73 Å². The Morgan fingerprint density at radius 1 is 1.08 bits per heavy atom. The maximum atomic E-state index is 5.92. The van der Waals surface area contributed by atoms with Crippen LogP contribution >= 0.6 is 0 Å². The Balaban J connectivity index is 1.43. The summed E-state index contributed by atoms with van der Waals surface area (Å²) in [4.78, 5) is 4.13. The Hall–Kier alpha value is -2.92. The molecule has 0 bridgehead atoms. The van der Waals surface area contributed by atoms with E-state index in [1.54, 1.807) is 6.20 Å². The van der Waals surface area contributed by atoms with Gasteiger partial charge in [0.05, 0.1) is 6.20 Å². The third-order valence-corrected chi connectivity index (χ3v) is 4.02. The fourth-order valence-corrected chi connectivity index (χ4v) is 2.77. The van der Waals surface area contributed by atoms with Crippen LogP contribution in [0.4, 0.5) is 0 Å². The zero-order valence-electron chi connectivity index (χ0n) is 13.2. The highest BCUT2D eigenvalue weighted by atomic mass is 16.3. The molecule has 5 heteroatoms. The molecule has 0 unspecified atom stereocenters. The molecule has 0 aliphatic heterocycles. The maximum Gasteiger partial charge on any atom is 0.153 e. The molecule has 0 spiro atoms. The predicted octanol–water partition coefficient (Wildman–Crippen LogP) is 3.55. The molecule has 0 amide bonds. The molecule has 2 N–H and O–H groups in total. The number of hydrogen-bond donors (Lipinski definition) is 2. The van der Waals surface area contributed by atoms with Crippen molar-refractivity contribution < 1.29 is 4.42 Å². The quantitative estimate of drug-likeness (QED) is 0.534. The van der Waals surface area contributed by atoms with Gasteiger partial charge in [-0.25, -0.2) is 0 Å². The summed E-state index contributed by atoms with van der Waals surface area (Å²) in [5, 5.41) is 11.8. The van der Waals surface area contributed by atoms with Gasteiger partial charge in [-0.15, -0.1) is 0 Å². The second-order valence-corrected chi connectivity index (χ2v) is 5.71. The van der Waals surface area contributed by atoms with Crippen molar-refractivity contribution in [3.8, 4) is 11.5 Å². The lowest BCUT2D eigenvalue weighted by Gasteiger charge is -2.04. The first kappa shape index (κ1) is 14.7. The van der Waals surface area contributed by atoms with Crippen LogP contribution in [0.1, 0.15) is 11.1 Å². The lowest BCUT2D eigenvalue weighted by atomic mass is 10.2. The van der Waals surface area contributed by atoms with Crippen LogP contribution in [0.25, 0.3) is 22.4 Å². The molecule has 0 aliphatic carbocycles. The van der Waals surface area contributed by atoms with E-state index in [2.05, 4.69) is 26.6 Å². The topological polar surface area (TPSA) is 66.7 Å². The first-order valence-electron chi connectivity index (χ1n) is 8.01. The summed E-state index contributed by atoms with van der Waals surface area (Å²) >= 11 is 0. The summed E-state index contributed by atoms with van der Waals surface area (Å²) in [5.41, 5.74) is 4.15. The van der Waals surface area contributed by atoms with Crippen LogP contribution in [0, 0.1) is 0 Å². The van der Waals surface area contributed by atoms with Gasteiger partial charge in [0, 0.05) is 29.9 Å². The summed E-state index contributed by atoms with van der Waals surface area (Å²) in [6, 6.07) is 14.1.